The predicted molar refractivity (Wildman–Crippen MR) is 103 cm³/mol. The lowest BCUT2D eigenvalue weighted by Crippen LogP contribution is -2.35. The summed E-state index contributed by atoms with van der Waals surface area (Å²) in [6.45, 7) is 3.13. The molecule has 26 heavy (non-hydrogen) atoms. The van der Waals surface area contributed by atoms with Crippen molar-refractivity contribution < 1.29 is 8.42 Å². The van der Waals surface area contributed by atoms with Crippen LogP contribution in [0.5, 0.6) is 0 Å². The van der Waals surface area contributed by atoms with E-state index in [0.717, 1.165) is 29.2 Å². The van der Waals surface area contributed by atoms with E-state index in [1.165, 1.54) is 5.57 Å². The maximum atomic E-state index is 12.6. The largest absolute Gasteiger partial charge is 0.391 e. The van der Waals surface area contributed by atoms with Crippen molar-refractivity contribution in [3.05, 3.63) is 65.0 Å². The molecule has 1 unspecified atom stereocenters. The molecule has 0 radical (unpaired) electrons. The number of hydrogen-bond donors (Lipinski definition) is 1. The Morgan fingerprint density at radius 3 is 2.85 bits per heavy atom. The lowest BCUT2D eigenvalue weighted by molar-refractivity contribution is 0.435. The molecule has 1 aromatic rings. The summed E-state index contributed by atoms with van der Waals surface area (Å²) in [5, 5.41) is 3.31. The van der Waals surface area contributed by atoms with Gasteiger partial charge < -0.3 is 10.2 Å². The van der Waals surface area contributed by atoms with Crippen LogP contribution in [0.1, 0.15) is 18.9 Å². The first-order valence-corrected chi connectivity index (χ1v) is 10.5. The minimum atomic E-state index is -3.26. The minimum Gasteiger partial charge on any atom is -0.391 e. The van der Waals surface area contributed by atoms with Crippen LogP contribution in [-0.4, -0.2) is 38.5 Å². The molecule has 0 fully saturated rings. The summed E-state index contributed by atoms with van der Waals surface area (Å²) < 4.78 is 25.2. The van der Waals surface area contributed by atoms with Gasteiger partial charge in [0.25, 0.3) is 0 Å². The number of benzene rings is 1. The molecule has 4 rings (SSSR count). The monoisotopic (exact) mass is 369 g/mol. The van der Waals surface area contributed by atoms with Gasteiger partial charge in [-0.1, -0.05) is 29.8 Å². The van der Waals surface area contributed by atoms with Crippen molar-refractivity contribution in [2.24, 2.45) is 10.9 Å². The maximum Gasteiger partial charge on any atom is 0.180 e. The van der Waals surface area contributed by atoms with E-state index in [4.69, 9.17) is 4.99 Å². The van der Waals surface area contributed by atoms with Gasteiger partial charge in [-0.15, -0.1) is 0 Å². The molecule has 5 nitrogen and oxygen atoms in total. The number of rotatable bonds is 1. The summed E-state index contributed by atoms with van der Waals surface area (Å²) in [6, 6.07) is 7.28. The first-order valence-electron chi connectivity index (χ1n) is 8.89. The Balaban J connectivity index is 1.73. The highest BCUT2D eigenvalue weighted by Crippen LogP contribution is 2.34. The summed E-state index contributed by atoms with van der Waals surface area (Å²) in [4.78, 5) is 7.39. The summed E-state index contributed by atoms with van der Waals surface area (Å²) >= 11 is 0. The first kappa shape index (κ1) is 17.1. The van der Waals surface area contributed by atoms with E-state index in [9.17, 15) is 8.42 Å². The van der Waals surface area contributed by atoms with E-state index >= 15 is 0 Å². The van der Waals surface area contributed by atoms with Crippen LogP contribution in [0.15, 0.2) is 69.3 Å². The van der Waals surface area contributed by atoms with Crippen molar-refractivity contribution in [2.45, 2.75) is 24.8 Å². The number of nitrogens with zero attached hydrogens (tertiary/aromatic N) is 2. The van der Waals surface area contributed by atoms with E-state index in [0.29, 0.717) is 18.0 Å². The first-order chi connectivity index (χ1) is 12.5. The highest BCUT2D eigenvalue weighted by atomic mass is 32.2. The number of dihydropyridines is 1. The van der Waals surface area contributed by atoms with Crippen LogP contribution < -0.4 is 5.32 Å². The number of fused-ring (bicyclic) bond motifs is 2. The van der Waals surface area contributed by atoms with Gasteiger partial charge in [0, 0.05) is 37.8 Å². The van der Waals surface area contributed by atoms with Gasteiger partial charge >= 0.3 is 0 Å². The molecule has 1 atom stereocenters. The zero-order chi connectivity index (χ0) is 18.3. The van der Waals surface area contributed by atoms with Crippen LogP contribution in [0.3, 0.4) is 0 Å². The lowest BCUT2D eigenvalue weighted by Gasteiger charge is -2.32. The van der Waals surface area contributed by atoms with Crippen LogP contribution in [0.4, 0.5) is 0 Å². The van der Waals surface area contributed by atoms with Crippen LogP contribution in [-0.2, 0) is 16.4 Å². The van der Waals surface area contributed by atoms with E-state index in [2.05, 4.69) is 35.4 Å². The molecule has 1 aromatic carbocycles. The van der Waals surface area contributed by atoms with Gasteiger partial charge in [0.1, 0.15) is 5.84 Å². The van der Waals surface area contributed by atoms with Crippen LogP contribution in [0, 0.1) is 5.92 Å². The molecule has 3 aliphatic rings. The van der Waals surface area contributed by atoms with E-state index in [-0.39, 0.29) is 11.7 Å². The number of amidine groups is 1. The van der Waals surface area contributed by atoms with Crippen molar-refractivity contribution in [3.63, 3.8) is 0 Å². The van der Waals surface area contributed by atoms with E-state index in [1.54, 1.807) is 12.1 Å². The molecule has 2 aliphatic heterocycles. The Morgan fingerprint density at radius 2 is 2.04 bits per heavy atom. The molecule has 0 bridgehead atoms. The SMILES string of the molecule is CNC1=CC(N2CCS(=O)(=O)c3ccccc3C2)=NC2=CC=C(C)CC21. The Labute approximate surface area is 154 Å². The topological polar surface area (TPSA) is 61.8 Å². The van der Waals surface area contributed by atoms with Crippen molar-refractivity contribution in [1.29, 1.82) is 0 Å². The summed E-state index contributed by atoms with van der Waals surface area (Å²) in [5.74, 6) is 1.20. The predicted octanol–water partition coefficient (Wildman–Crippen LogP) is 2.64. The van der Waals surface area contributed by atoms with Crippen LogP contribution in [0.2, 0.25) is 0 Å². The smallest absolute Gasteiger partial charge is 0.180 e. The molecular weight excluding hydrogens is 346 g/mol. The zero-order valence-corrected chi connectivity index (χ0v) is 15.9. The molecule has 0 spiro atoms. The normalized spacial score (nSPS) is 24.2. The van der Waals surface area contributed by atoms with Crippen molar-refractivity contribution in [2.75, 3.05) is 19.3 Å². The number of aliphatic imine (C=N–C) groups is 1. The van der Waals surface area contributed by atoms with Crippen LogP contribution >= 0.6 is 0 Å². The minimum absolute atomic E-state index is 0.104. The lowest BCUT2D eigenvalue weighted by atomic mass is 9.87. The quantitative estimate of drug-likeness (QED) is 0.827. The fourth-order valence-electron chi connectivity index (χ4n) is 3.79. The Morgan fingerprint density at radius 1 is 1.23 bits per heavy atom. The number of hydrogen-bond acceptors (Lipinski definition) is 5. The van der Waals surface area contributed by atoms with Gasteiger partial charge in [-0.3, -0.25) is 0 Å². The number of sulfone groups is 1. The fraction of sp³-hybridized carbons (Fsp3) is 0.350. The maximum absolute atomic E-state index is 12.6. The second-order valence-corrected chi connectivity index (χ2v) is 9.11. The number of allylic oxidation sites excluding steroid dienone is 3. The molecule has 0 saturated carbocycles. The van der Waals surface area contributed by atoms with Gasteiger partial charge in [0.15, 0.2) is 9.84 Å². The Bertz CT molecular complexity index is 971. The zero-order valence-electron chi connectivity index (χ0n) is 15.1. The average Bonchev–Trinajstić information content (AvgIpc) is 2.77. The number of nitrogens with one attached hydrogen (secondary N) is 1. The third kappa shape index (κ3) is 2.98. The molecule has 0 aromatic heterocycles. The van der Waals surface area contributed by atoms with Crippen LogP contribution in [0.25, 0.3) is 0 Å². The third-order valence-corrected chi connectivity index (χ3v) is 7.03. The molecule has 1 aliphatic carbocycles. The second-order valence-electron chi connectivity index (χ2n) is 7.03. The summed E-state index contributed by atoms with van der Waals surface area (Å²) in [7, 11) is -1.32. The molecule has 0 saturated heterocycles. The van der Waals surface area contributed by atoms with Gasteiger partial charge in [-0.2, -0.15) is 0 Å². The molecule has 6 heteroatoms. The molecule has 0 amide bonds. The average molecular weight is 369 g/mol. The van der Waals surface area contributed by atoms with Gasteiger partial charge in [0.05, 0.1) is 16.3 Å². The summed E-state index contributed by atoms with van der Waals surface area (Å²) in [6.07, 6.45) is 7.23. The summed E-state index contributed by atoms with van der Waals surface area (Å²) in [5.41, 5.74) is 4.35. The Kier molecular flexibility index (Phi) is 4.23. The van der Waals surface area contributed by atoms with Crippen molar-refractivity contribution in [1.82, 2.24) is 10.2 Å². The van der Waals surface area contributed by atoms with Gasteiger partial charge in [-0.05, 0) is 31.1 Å². The standard InChI is InChI=1S/C20H23N3O2S/c1-14-7-8-17-16(11-14)18(21-2)12-20(22-17)23-9-10-26(24,25)19-6-4-3-5-15(19)13-23/h3-8,12,16,21H,9-11,13H2,1-2H3. The second kappa shape index (κ2) is 6.43. The van der Waals surface area contributed by atoms with Gasteiger partial charge in [0.2, 0.25) is 0 Å². The fourth-order valence-corrected chi connectivity index (χ4v) is 5.29. The van der Waals surface area contributed by atoms with Crippen molar-refractivity contribution >= 4 is 15.7 Å². The van der Waals surface area contributed by atoms with Gasteiger partial charge in [-0.25, -0.2) is 13.4 Å². The highest BCUT2D eigenvalue weighted by molar-refractivity contribution is 7.91. The Hall–Kier alpha value is -2.34. The highest BCUT2D eigenvalue weighted by Gasteiger charge is 2.30. The van der Waals surface area contributed by atoms with E-state index in [1.807, 2.05) is 19.2 Å². The van der Waals surface area contributed by atoms with E-state index < -0.39 is 9.84 Å². The van der Waals surface area contributed by atoms with Crippen molar-refractivity contribution in [3.8, 4) is 0 Å². The third-order valence-electron chi connectivity index (χ3n) is 5.24. The molecule has 136 valence electrons. The molecular formula is C20H23N3O2S. The molecule has 2 heterocycles. The molecule has 1 N–H and O–H groups in total.